The molecule has 1 N–H and O–H groups in total. The molecule has 1 amide bonds. The molecule has 0 bridgehead atoms. The number of aryl methyl sites for hydroxylation is 2. The first-order chi connectivity index (χ1) is 15.3. The van der Waals surface area contributed by atoms with Gasteiger partial charge in [0.15, 0.2) is 5.65 Å². The van der Waals surface area contributed by atoms with Crippen molar-refractivity contribution in [1.82, 2.24) is 28.6 Å². The molecule has 0 aliphatic carbocycles. The normalized spacial score (nSPS) is 15.2. The molecule has 0 spiro atoms. The third-order valence-electron chi connectivity index (χ3n) is 6.66. The van der Waals surface area contributed by atoms with Crippen molar-refractivity contribution in [1.29, 1.82) is 0 Å². The molecular weight excluding hydrogens is 408 g/mol. The topological polar surface area (TPSA) is 97.9 Å². The second kappa shape index (κ2) is 7.51. The summed E-state index contributed by atoms with van der Waals surface area (Å²) in [5.41, 5.74) is 2.10. The molecule has 0 saturated carbocycles. The van der Waals surface area contributed by atoms with Crippen LogP contribution < -0.4 is 11.2 Å². The lowest BCUT2D eigenvalue weighted by Crippen LogP contribution is -2.40. The molecule has 5 rings (SSSR count). The molecule has 9 heteroatoms. The molecule has 9 nitrogen and oxygen atoms in total. The van der Waals surface area contributed by atoms with Crippen molar-refractivity contribution in [2.45, 2.75) is 32.2 Å². The summed E-state index contributed by atoms with van der Waals surface area (Å²) in [6.45, 7) is 3.62. The molecule has 3 aromatic heterocycles. The molecule has 0 radical (unpaired) electrons. The first kappa shape index (κ1) is 20.3. The maximum Gasteiger partial charge on any atom is 0.332 e. The molecule has 1 saturated heterocycles. The fourth-order valence-corrected chi connectivity index (χ4v) is 4.73. The highest BCUT2D eigenvalue weighted by atomic mass is 16.2. The van der Waals surface area contributed by atoms with E-state index in [9.17, 15) is 14.4 Å². The van der Waals surface area contributed by atoms with Crippen LogP contribution >= 0.6 is 0 Å². The highest BCUT2D eigenvalue weighted by Gasteiger charge is 2.27. The number of imidazole rings is 1. The Kier molecular flexibility index (Phi) is 4.76. The van der Waals surface area contributed by atoms with Crippen molar-refractivity contribution in [2.24, 2.45) is 14.1 Å². The van der Waals surface area contributed by atoms with Gasteiger partial charge >= 0.3 is 5.69 Å². The fraction of sp³-hybridized carbons (Fsp3) is 0.391. The van der Waals surface area contributed by atoms with Gasteiger partial charge in [-0.1, -0.05) is 18.2 Å². The second-order valence-electron chi connectivity index (χ2n) is 8.61. The predicted molar refractivity (Wildman–Crippen MR) is 122 cm³/mol. The van der Waals surface area contributed by atoms with Gasteiger partial charge < -0.3 is 14.5 Å². The van der Waals surface area contributed by atoms with Crippen LogP contribution in [0.25, 0.3) is 22.1 Å². The number of aromatic nitrogens is 5. The van der Waals surface area contributed by atoms with Gasteiger partial charge in [0.05, 0.1) is 0 Å². The van der Waals surface area contributed by atoms with E-state index >= 15 is 0 Å². The number of carbonyl (C=O) groups is 1. The molecule has 1 aromatic carbocycles. The smallest absolute Gasteiger partial charge is 0.332 e. The van der Waals surface area contributed by atoms with Crippen LogP contribution in [0.1, 0.15) is 30.3 Å². The Morgan fingerprint density at radius 2 is 1.84 bits per heavy atom. The zero-order valence-corrected chi connectivity index (χ0v) is 18.5. The summed E-state index contributed by atoms with van der Waals surface area (Å²) in [4.78, 5) is 47.2. The summed E-state index contributed by atoms with van der Waals surface area (Å²) < 4.78 is 4.54. The lowest BCUT2D eigenvalue weighted by atomic mass is 9.96. The number of amides is 1. The van der Waals surface area contributed by atoms with Gasteiger partial charge in [0.2, 0.25) is 5.91 Å². The maximum atomic E-state index is 13.0. The van der Waals surface area contributed by atoms with Gasteiger partial charge in [-0.2, -0.15) is 0 Å². The van der Waals surface area contributed by atoms with Crippen LogP contribution in [0.2, 0.25) is 0 Å². The Morgan fingerprint density at radius 3 is 2.59 bits per heavy atom. The van der Waals surface area contributed by atoms with Gasteiger partial charge in [-0.3, -0.25) is 18.7 Å². The quantitative estimate of drug-likeness (QED) is 0.530. The third kappa shape index (κ3) is 3.16. The van der Waals surface area contributed by atoms with Crippen LogP contribution in [0.4, 0.5) is 0 Å². The molecule has 1 fully saturated rings. The number of aromatic amines is 1. The van der Waals surface area contributed by atoms with E-state index in [1.807, 2.05) is 30.0 Å². The number of H-pyrrole nitrogens is 1. The van der Waals surface area contributed by atoms with Crippen LogP contribution in [0.3, 0.4) is 0 Å². The summed E-state index contributed by atoms with van der Waals surface area (Å²) in [5.74, 6) is 0.923. The van der Waals surface area contributed by atoms with E-state index in [2.05, 4.69) is 26.7 Å². The predicted octanol–water partition coefficient (Wildman–Crippen LogP) is 1.63. The number of piperidine rings is 1. The number of hydrogen-bond acceptors (Lipinski definition) is 4. The van der Waals surface area contributed by atoms with Gasteiger partial charge in [-0.05, 0) is 37.3 Å². The van der Waals surface area contributed by atoms with Crippen LogP contribution in [-0.4, -0.2) is 47.6 Å². The molecule has 0 unspecified atom stereocenters. The van der Waals surface area contributed by atoms with Crippen LogP contribution in [0, 0.1) is 6.92 Å². The number of rotatable bonds is 3. The lowest BCUT2D eigenvalue weighted by molar-refractivity contribution is -0.132. The largest absolute Gasteiger partial charge is 0.341 e. The van der Waals surface area contributed by atoms with Crippen LogP contribution in [-0.2, 0) is 25.4 Å². The van der Waals surface area contributed by atoms with E-state index in [0.717, 1.165) is 34.0 Å². The number of hydrogen-bond donors (Lipinski definition) is 1. The highest BCUT2D eigenvalue weighted by molar-refractivity contribution is 5.84. The molecule has 1 aliphatic rings. The summed E-state index contributed by atoms with van der Waals surface area (Å²) in [7, 11) is 3.08. The Morgan fingerprint density at radius 1 is 1.12 bits per heavy atom. The minimum absolute atomic E-state index is 0.105. The Balaban J connectivity index is 1.32. The van der Waals surface area contributed by atoms with Crippen LogP contribution in [0.15, 0.2) is 39.9 Å². The number of benzene rings is 1. The first-order valence-electron chi connectivity index (χ1n) is 10.8. The standard InChI is InChI=1S/C23H26N6O3/c1-14-12-16-6-4-5-7-17(16)29(14)13-18(30)28-10-8-15(9-11-28)20-24-19-21(25-20)26(2)23(32)27(3)22(19)31/h4-7,12,15H,8-11,13H2,1-3H3,(H,24,25). The zero-order valence-electron chi connectivity index (χ0n) is 18.5. The van der Waals surface area contributed by atoms with Gasteiger partial charge in [0.25, 0.3) is 5.56 Å². The van der Waals surface area contributed by atoms with E-state index in [0.29, 0.717) is 36.6 Å². The zero-order chi connectivity index (χ0) is 22.6. The van der Waals surface area contributed by atoms with E-state index in [-0.39, 0.29) is 17.4 Å². The monoisotopic (exact) mass is 434 g/mol. The molecule has 32 heavy (non-hydrogen) atoms. The molecule has 4 heterocycles. The average molecular weight is 435 g/mol. The average Bonchev–Trinajstić information content (AvgIpc) is 3.38. The molecule has 166 valence electrons. The number of likely N-dealkylation sites (tertiary alicyclic amines) is 1. The molecule has 4 aromatic rings. The van der Waals surface area contributed by atoms with Crippen molar-refractivity contribution in [3.8, 4) is 0 Å². The number of nitrogens with one attached hydrogen (secondary N) is 1. The van der Waals surface area contributed by atoms with Gasteiger partial charge in [0, 0.05) is 44.3 Å². The Hall–Kier alpha value is -3.62. The van der Waals surface area contributed by atoms with E-state index < -0.39 is 5.69 Å². The maximum absolute atomic E-state index is 13.0. The van der Waals surface area contributed by atoms with Gasteiger partial charge in [-0.25, -0.2) is 9.78 Å². The first-order valence-corrected chi connectivity index (χ1v) is 10.8. The SMILES string of the molecule is Cc1cc2ccccc2n1CC(=O)N1CCC(c2nc3c([nH]2)c(=O)n(C)c(=O)n3C)CC1. The number of nitrogens with zero attached hydrogens (tertiary/aromatic N) is 5. The van der Waals surface area contributed by atoms with Crippen molar-refractivity contribution >= 4 is 28.0 Å². The number of para-hydroxylation sites is 1. The van der Waals surface area contributed by atoms with Crippen molar-refractivity contribution in [3.63, 3.8) is 0 Å². The van der Waals surface area contributed by atoms with Crippen molar-refractivity contribution < 1.29 is 4.79 Å². The van der Waals surface area contributed by atoms with Gasteiger partial charge in [-0.15, -0.1) is 0 Å². The molecule has 1 aliphatic heterocycles. The molecule has 0 atom stereocenters. The fourth-order valence-electron chi connectivity index (χ4n) is 4.73. The summed E-state index contributed by atoms with van der Waals surface area (Å²) in [5, 5.41) is 1.14. The van der Waals surface area contributed by atoms with Gasteiger partial charge in [0.1, 0.15) is 17.9 Å². The highest BCUT2D eigenvalue weighted by Crippen LogP contribution is 2.27. The van der Waals surface area contributed by atoms with Crippen molar-refractivity contribution in [2.75, 3.05) is 13.1 Å². The van der Waals surface area contributed by atoms with E-state index in [1.54, 1.807) is 7.05 Å². The number of carbonyl (C=O) groups excluding carboxylic acids is 1. The summed E-state index contributed by atoms with van der Waals surface area (Å²) in [6, 6.07) is 10.2. The minimum atomic E-state index is -0.395. The Labute approximate surface area is 183 Å². The minimum Gasteiger partial charge on any atom is -0.341 e. The lowest BCUT2D eigenvalue weighted by Gasteiger charge is -2.31. The van der Waals surface area contributed by atoms with Crippen LogP contribution in [0.5, 0.6) is 0 Å². The van der Waals surface area contributed by atoms with E-state index in [1.165, 1.54) is 11.6 Å². The molecular formula is C23H26N6O3. The third-order valence-corrected chi connectivity index (χ3v) is 6.66. The summed E-state index contributed by atoms with van der Waals surface area (Å²) >= 11 is 0. The Bertz CT molecular complexity index is 1460. The second-order valence-corrected chi connectivity index (χ2v) is 8.61. The van der Waals surface area contributed by atoms with E-state index in [4.69, 9.17) is 0 Å². The summed E-state index contributed by atoms with van der Waals surface area (Å²) in [6.07, 6.45) is 1.51. The van der Waals surface area contributed by atoms with Crippen molar-refractivity contribution in [3.05, 3.63) is 62.7 Å². The number of fused-ring (bicyclic) bond motifs is 2.